The van der Waals surface area contributed by atoms with Gasteiger partial charge in [-0.15, -0.1) is 0 Å². The molecule has 3 heterocycles. The predicted molar refractivity (Wildman–Crippen MR) is 106 cm³/mol. The summed E-state index contributed by atoms with van der Waals surface area (Å²) in [7, 11) is 0. The molecule has 0 bridgehead atoms. The number of piperazine rings is 1. The lowest BCUT2D eigenvalue weighted by atomic mass is 10.1. The van der Waals surface area contributed by atoms with Crippen LogP contribution in [0.1, 0.15) is 27.8 Å². The lowest BCUT2D eigenvalue weighted by molar-refractivity contribution is 0.0653. The first-order valence-corrected chi connectivity index (χ1v) is 9.48. The Morgan fingerprint density at radius 2 is 2.07 bits per heavy atom. The van der Waals surface area contributed by atoms with Gasteiger partial charge in [-0.1, -0.05) is 11.6 Å². The Hall–Kier alpha value is -2.97. The van der Waals surface area contributed by atoms with E-state index in [0.29, 0.717) is 25.2 Å². The standard InChI is InChI=1S/C20H18ClFN4O3/c1-11-10-23-6-7-25(11)19(27)12-2-3-13(15(22)8-12)16-4-5-17-14(21)9-18(20(28)29)26(17)24-16/h2-5,8-9,11,23H,6-7,10H2,1H3,(H,28,29). The van der Waals surface area contributed by atoms with Crippen LogP contribution in [-0.4, -0.2) is 57.2 Å². The molecule has 4 rings (SSSR count). The SMILES string of the molecule is CC1CNCCN1C(=O)c1ccc(-c2ccc3c(Cl)cc(C(=O)O)n3n2)c(F)c1. The number of carboxylic acids is 1. The van der Waals surface area contributed by atoms with Gasteiger partial charge < -0.3 is 15.3 Å². The van der Waals surface area contributed by atoms with Crippen molar-refractivity contribution in [2.24, 2.45) is 0 Å². The van der Waals surface area contributed by atoms with E-state index in [0.717, 1.165) is 0 Å². The van der Waals surface area contributed by atoms with Crippen LogP contribution in [-0.2, 0) is 0 Å². The van der Waals surface area contributed by atoms with E-state index in [1.54, 1.807) is 23.1 Å². The molecule has 0 radical (unpaired) electrons. The molecule has 0 spiro atoms. The van der Waals surface area contributed by atoms with Crippen molar-refractivity contribution in [3.8, 4) is 11.3 Å². The Morgan fingerprint density at radius 1 is 1.28 bits per heavy atom. The molecule has 9 heteroatoms. The van der Waals surface area contributed by atoms with Crippen molar-refractivity contribution in [3.63, 3.8) is 0 Å². The highest BCUT2D eigenvalue weighted by Gasteiger charge is 2.25. The van der Waals surface area contributed by atoms with Gasteiger partial charge in [-0.05, 0) is 43.3 Å². The molecule has 1 unspecified atom stereocenters. The second-order valence-electron chi connectivity index (χ2n) is 6.94. The molecule has 1 aliphatic heterocycles. The number of carbonyl (C=O) groups is 2. The van der Waals surface area contributed by atoms with Crippen LogP contribution in [0.4, 0.5) is 4.39 Å². The second kappa shape index (κ2) is 7.46. The molecular weight excluding hydrogens is 399 g/mol. The predicted octanol–water partition coefficient (Wildman–Crippen LogP) is 2.93. The summed E-state index contributed by atoms with van der Waals surface area (Å²) < 4.78 is 16.0. The van der Waals surface area contributed by atoms with Crippen molar-refractivity contribution in [1.82, 2.24) is 19.8 Å². The van der Waals surface area contributed by atoms with Crippen molar-refractivity contribution in [3.05, 3.63) is 58.5 Å². The number of carboxylic acid groups (broad SMARTS) is 1. The number of hydrogen-bond acceptors (Lipinski definition) is 4. The minimum atomic E-state index is -1.19. The van der Waals surface area contributed by atoms with Crippen LogP contribution in [0.15, 0.2) is 36.4 Å². The molecule has 1 atom stereocenters. The topological polar surface area (TPSA) is 86.9 Å². The minimum Gasteiger partial charge on any atom is -0.477 e. The maximum Gasteiger partial charge on any atom is 0.354 e. The normalized spacial score (nSPS) is 16.9. The van der Waals surface area contributed by atoms with Crippen LogP contribution in [0.25, 0.3) is 16.8 Å². The van der Waals surface area contributed by atoms with Gasteiger partial charge in [0.25, 0.3) is 5.91 Å². The average Bonchev–Trinajstić information content (AvgIpc) is 3.04. The monoisotopic (exact) mass is 416 g/mol. The molecule has 7 nitrogen and oxygen atoms in total. The smallest absolute Gasteiger partial charge is 0.354 e. The van der Waals surface area contributed by atoms with Crippen LogP contribution in [0.5, 0.6) is 0 Å². The van der Waals surface area contributed by atoms with Gasteiger partial charge >= 0.3 is 5.97 Å². The fourth-order valence-corrected chi connectivity index (χ4v) is 3.75. The van der Waals surface area contributed by atoms with E-state index in [2.05, 4.69) is 10.4 Å². The molecule has 0 aliphatic carbocycles. The lowest BCUT2D eigenvalue weighted by Crippen LogP contribution is -2.52. The molecule has 0 saturated carbocycles. The third-order valence-corrected chi connectivity index (χ3v) is 5.35. The van der Waals surface area contributed by atoms with Crippen molar-refractivity contribution in [1.29, 1.82) is 0 Å². The third kappa shape index (κ3) is 3.45. The minimum absolute atomic E-state index is 0.0241. The number of aromatic carboxylic acids is 1. The zero-order chi connectivity index (χ0) is 20.7. The van der Waals surface area contributed by atoms with Crippen LogP contribution in [0.2, 0.25) is 5.02 Å². The molecule has 1 aliphatic rings. The molecule has 1 amide bonds. The van der Waals surface area contributed by atoms with Crippen LogP contribution in [0.3, 0.4) is 0 Å². The van der Waals surface area contributed by atoms with Gasteiger partial charge in [-0.25, -0.2) is 13.7 Å². The molecule has 1 fully saturated rings. The summed E-state index contributed by atoms with van der Waals surface area (Å²) in [4.78, 5) is 25.9. The summed E-state index contributed by atoms with van der Waals surface area (Å²) in [5.74, 6) is -2.03. The number of fused-ring (bicyclic) bond motifs is 1. The van der Waals surface area contributed by atoms with Crippen molar-refractivity contribution in [2.45, 2.75) is 13.0 Å². The summed E-state index contributed by atoms with van der Waals surface area (Å²) >= 11 is 6.05. The Bertz CT molecular complexity index is 1130. The molecule has 29 heavy (non-hydrogen) atoms. The largest absolute Gasteiger partial charge is 0.477 e. The Balaban J connectivity index is 1.70. The number of benzene rings is 1. The van der Waals surface area contributed by atoms with Gasteiger partial charge in [0.2, 0.25) is 0 Å². The van der Waals surface area contributed by atoms with Crippen LogP contribution < -0.4 is 5.32 Å². The quantitative estimate of drug-likeness (QED) is 0.685. The summed E-state index contributed by atoms with van der Waals surface area (Å²) in [6.45, 7) is 3.90. The number of hydrogen-bond donors (Lipinski definition) is 2. The first-order chi connectivity index (χ1) is 13.9. The first kappa shape index (κ1) is 19.4. The first-order valence-electron chi connectivity index (χ1n) is 9.10. The number of amides is 1. The van der Waals surface area contributed by atoms with E-state index in [9.17, 15) is 19.1 Å². The number of rotatable bonds is 3. The van der Waals surface area contributed by atoms with Crippen LogP contribution >= 0.6 is 11.6 Å². The molecule has 3 aromatic rings. The summed E-state index contributed by atoms with van der Waals surface area (Å²) in [6.07, 6.45) is 0. The van der Waals surface area contributed by atoms with E-state index in [-0.39, 0.29) is 39.5 Å². The van der Waals surface area contributed by atoms with Gasteiger partial charge in [0.15, 0.2) is 5.69 Å². The lowest BCUT2D eigenvalue weighted by Gasteiger charge is -2.34. The van der Waals surface area contributed by atoms with E-state index >= 15 is 0 Å². The van der Waals surface area contributed by atoms with Crippen molar-refractivity contribution in [2.75, 3.05) is 19.6 Å². The summed E-state index contributed by atoms with van der Waals surface area (Å²) in [5, 5.41) is 17.0. The maximum absolute atomic E-state index is 14.9. The Morgan fingerprint density at radius 3 is 2.76 bits per heavy atom. The third-order valence-electron chi connectivity index (χ3n) is 5.04. The van der Waals surface area contributed by atoms with E-state index < -0.39 is 11.8 Å². The number of nitrogens with zero attached hydrogens (tertiary/aromatic N) is 3. The maximum atomic E-state index is 14.9. The molecule has 2 aromatic heterocycles. The van der Waals surface area contributed by atoms with Gasteiger partial charge in [-0.2, -0.15) is 5.10 Å². The van der Waals surface area contributed by atoms with E-state index in [1.165, 1.54) is 22.7 Å². The average molecular weight is 417 g/mol. The Labute approximate surface area is 170 Å². The zero-order valence-electron chi connectivity index (χ0n) is 15.5. The number of halogens is 2. The molecule has 150 valence electrons. The summed E-state index contributed by atoms with van der Waals surface area (Å²) in [5.41, 5.74) is 0.952. The number of aromatic nitrogens is 2. The van der Waals surface area contributed by atoms with E-state index in [1.807, 2.05) is 6.92 Å². The van der Waals surface area contributed by atoms with Gasteiger partial charge in [0.1, 0.15) is 5.82 Å². The highest BCUT2D eigenvalue weighted by molar-refractivity contribution is 6.34. The fourth-order valence-electron chi connectivity index (χ4n) is 3.50. The second-order valence-corrected chi connectivity index (χ2v) is 7.35. The fraction of sp³-hybridized carbons (Fsp3) is 0.250. The van der Waals surface area contributed by atoms with Crippen molar-refractivity contribution < 1.29 is 19.1 Å². The molecule has 2 N–H and O–H groups in total. The summed E-state index contributed by atoms with van der Waals surface area (Å²) in [6, 6.07) is 8.69. The van der Waals surface area contributed by atoms with Crippen molar-refractivity contribution >= 4 is 29.0 Å². The number of nitrogens with one attached hydrogen (secondary N) is 1. The van der Waals surface area contributed by atoms with Gasteiger partial charge in [-0.3, -0.25) is 4.79 Å². The highest BCUT2D eigenvalue weighted by Crippen LogP contribution is 2.27. The Kier molecular flexibility index (Phi) is 4.97. The molecular formula is C20H18ClFN4O3. The van der Waals surface area contributed by atoms with E-state index in [4.69, 9.17) is 11.6 Å². The molecule has 1 aromatic carbocycles. The van der Waals surface area contributed by atoms with Crippen LogP contribution in [0, 0.1) is 5.82 Å². The highest BCUT2D eigenvalue weighted by atomic mass is 35.5. The number of carbonyl (C=O) groups excluding carboxylic acids is 1. The molecule has 1 saturated heterocycles. The van der Waals surface area contributed by atoms with Gasteiger partial charge in [0.05, 0.1) is 16.2 Å². The zero-order valence-corrected chi connectivity index (χ0v) is 16.3. The van der Waals surface area contributed by atoms with Gasteiger partial charge in [0, 0.05) is 36.8 Å².